The van der Waals surface area contributed by atoms with E-state index in [-0.39, 0.29) is 11.3 Å². The second-order valence-corrected chi connectivity index (χ2v) is 7.09. The highest BCUT2D eigenvalue weighted by Gasteiger charge is 2.40. The Balaban J connectivity index is 1.84. The van der Waals surface area contributed by atoms with E-state index in [2.05, 4.69) is 59.4 Å². The van der Waals surface area contributed by atoms with Crippen molar-refractivity contribution in [1.29, 1.82) is 0 Å². The zero-order chi connectivity index (χ0) is 17.2. The van der Waals surface area contributed by atoms with Gasteiger partial charge in [-0.2, -0.15) is 0 Å². The molecule has 1 fully saturated rings. The van der Waals surface area contributed by atoms with E-state index in [4.69, 9.17) is 0 Å². The molecule has 4 nitrogen and oxygen atoms in total. The van der Waals surface area contributed by atoms with Crippen LogP contribution in [0.25, 0.3) is 0 Å². The molecule has 2 aromatic rings. The van der Waals surface area contributed by atoms with Gasteiger partial charge in [0.15, 0.2) is 0 Å². The van der Waals surface area contributed by atoms with E-state index < -0.39 is 0 Å². The minimum Gasteiger partial charge on any atom is -0.355 e. The molecule has 1 atom stereocenters. The fourth-order valence-corrected chi connectivity index (χ4v) is 3.55. The first-order valence-corrected chi connectivity index (χ1v) is 8.55. The van der Waals surface area contributed by atoms with Gasteiger partial charge in [0.2, 0.25) is 0 Å². The third kappa shape index (κ3) is 3.28. The number of rotatable bonds is 4. The van der Waals surface area contributed by atoms with Gasteiger partial charge in [0.25, 0.3) is 5.91 Å². The molecule has 1 N–H and O–H groups in total. The molecule has 0 spiro atoms. The summed E-state index contributed by atoms with van der Waals surface area (Å²) in [6, 6.07) is 14.3. The van der Waals surface area contributed by atoms with E-state index in [1.165, 1.54) is 5.56 Å². The summed E-state index contributed by atoms with van der Waals surface area (Å²) in [6.45, 7) is 9.01. The Morgan fingerprint density at radius 3 is 2.75 bits per heavy atom. The van der Waals surface area contributed by atoms with Gasteiger partial charge in [-0.25, -0.2) is 4.98 Å². The Bertz CT molecular complexity index is 712. The van der Waals surface area contributed by atoms with Crippen LogP contribution in [-0.2, 0) is 0 Å². The Labute approximate surface area is 143 Å². The molecule has 126 valence electrons. The first-order chi connectivity index (χ1) is 11.5. The number of carbonyl (C=O) groups is 1. The molecule has 0 radical (unpaired) electrons. The van der Waals surface area contributed by atoms with Crippen LogP contribution < -0.4 is 10.2 Å². The van der Waals surface area contributed by atoms with Crippen molar-refractivity contribution in [2.24, 2.45) is 5.41 Å². The van der Waals surface area contributed by atoms with Crippen LogP contribution in [-0.4, -0.2) is 30.5 Å². The molecule has 0 aliphatic carbocycles. The molecule has 1 aliphatic heterocycles. The largest absolute Gasteiger partial charge is 0.355 e. The molecule has 4 heteroatoms. The maximum absolute atomic E-state index is 12.1. The van der Waals surface area contributed by atoms with Gasteiger partial charge in [-0.3, -0.25) is 4.79 Å². The third-order valence-electron chi connectivity index (χ3n) is 4.82. The fourth-order valence-electron chi connectivity index (χ4n) is 3.55. The minimum absolute atomic E-state index is 0.0424. The predicted octanol–water partition coefficient (Wildman–Crippen LogP) is 3.46. The summed E-state index contributed by atoms with van der Waals surface area (Å²) in [6.07, 6.45) is 1.72. The first-order valence-electron chi connectivity index (χ1n) is 8.55. The van der Waals surface area contributed by atoms with E-state index in [9.17, 15) is 4.79 Å². The second-order valence-electron chi connectivity index (χ2n) is 7.09. The van der Waals surface area contributed by atoms with E-state index >= 15 is 0 Å². The fraction of sp³-hybridized carbons (Fsp3) is 0.400. The molecule has 1 aromatic carbocycles. The van der Waals surface area contributed by atoms with Gasteiger partial charge in [-0.15, -0.1) is 0 Å². The summed E-state index contributed by atoms with van der Waals surface area (Å²) in [5.41, 5.74) is 2.19. The average molecular weight is 323 g/mol. The molecule has 0 unspecified atom stereocenters. The highest BCUT2D eigenvalue weighted by Crippen LogP contribution is 2.43. The van der Waals surface area contributed by atoms with E-state index in [0.29, 0.717) is 18.0 Å². The van der Waals surface area contributed by atoms with Crippen LogP contribution in [0.2, 0.25) is 0 Å². The van der Waals surface area contributed by atoms with Crippen LogP contribution in [0.3, 0.4) is 0 Å². The Morgan fingerprint density at radius 1 is 1.29 bits per heavy atom. The molecular formula is C20H25N3O. The summed E-state index contributed by atoms with van der Waals surface area (Å²) in [4.78, 5) is 18.9. The molecule has 1 amide bonds. The lowest BCUT2D eigenvalue weighted by Gasteiger charge is -2.25. The highest BCUT2D eigenvalue weighted by molar-refractivity contribution is 5.94. The Morgan fingerprint density at radius 2 is 2.04 bits per heavy atom. The lowest BCUT2D eigenvalue weighted by atomic mass is 9.78. The average Bonchev–Trinajstić information content (AvgIpc) is 2.91. The van der Waals surface area contributed by atoms with E-state index in [1.54, 1.807) is 12.3 Å². The molecule has 24 heavy (non-hydrogen) atoms. The van der Waals surface area contributed by atoms with Crippen molar-refractivity contribution >= 4 is 11.7 Å². The zero-order valence-corrected chi connectivity index (χ0v) is 14.6. The quantitative estimate of drug-likeness (QED) is 0.937. The molecular weight excluding hydrogens is 298 g/mol. The van der Waals surface area contributed by atoms with Crippen LogP contribution in [0.5, 0.6) is 0 Å². The number of pyridine rings is 1. The van der Waals surface area contributed by atoms with Gasteiger partial charge in [-0.05, 0) is 30.0 Å². The topological polar surface area (TPSA) is 45.2 Å². The number of benzene rings is 1. The molecule has 0 saturated carbocycles. The van der Waals surface area contributed by atoms with Crippen molar-refractivity contribution < 1.29 is 4.79 Å². The van der Waals surface area contributed by atoms with Crippen molar-refractivity contribution in [3.63, 3.8) is 0 Å². The zero-order valence-electron chi connectivity index (χ0n) is 14.6. The van der Waals surface area contributed by atoms with Crippen molar-refractivity contribution in [2.45, 2.75) is 26.7 Å². The Kier molecular flexibility index (Phi) is 4.56. The maximum Gasteiger partial charge on any atom is 0.251 e. The maximum atomic E-state index is 12.1. The number of carbonyl (C=O) groups excluding carboxylic acids is 1. The van der Waals surface area contributed by atoms with Gasteiger partial charge < -0.3 is 10.2 Å². The first kappa shape index (κ1) is 16.5. The highest BCUT2D eigenvalue weighted by atomic mass is 16.1. The molecule has 2 heterocycles. The van der Waals surface area contributed by atoms with Gasteiger partial charge in [0.05, 0.1) is 0 Å². The van der Waals surface area contributed by atoms with Crippen molar-refractivity contribution in [3.05, 3.63) is 59.8 Å². The number of anilines is 1. The smallest absolute Gasteiger partial charge is 0.251 e. The number of hydrogen-bond acceptors (Lipinski definition) is 3. The summed E-state index contributed by atoms with van der Waals surface area (Å²) >= 11 is 0. The lowest BCUT2D eigenvalue weighted by Crippen LogP contribution is -2.25. The number of aromatic nitrogens is 1. The summed E-state index contributed by atoms with van der Waals surface area (Å²) in [5, 5.41) is 2.85. The van der Waals surface area contributed by atoms with Crippen molar-refractivity contribution in [1.82, 2.24) is 10.3 Å². The van der Waals surface area contributed by atoms with Crippen molar-refractivity contribution in [3.8, 4) is 0 Å². The number of hydrogen-bond donors (Lipinski definition) is 1. The molecule has 1 aromatic heterocycles. The molecule has 1 saturated heterocycles. The monoisotopic (exact) mass is 323 g/mol. The van der Waals surface area contributed by atoms with Gasteiger partial charge in [0.1, 0.15) is 5.82 Å². The molecule has 1 aliphatic rings. The summed E-state index contributed by atoms with van der Waals surface area (Å²) < 4.78 is 0. The van der Waals surface area contributed by atoms with Gasteiger partial charge >= 0.3 is 0 Å². The van der Waals surface area contributed by atoms with Crippen LogP contribution in [0.4, 0.5) is 5.82 Å². The van der Waals surface area contributed by atoms with Gasteiger partial charge in [0, 0.05) is 37.3 Å². The summed E-state index contributed by atoms with van der Waals surface area (Å²) in [5.74, 6) is 1.29. The standard InChI is InChI=1S/C20H25N3O/c1-4-21-19(24)16-10-11-22-18(12-16)23-13-17(20(2,3)14-23)15-8-6-5-7-9-15/h5-12,17H,4,13-14H2,1-3H3,(H,21,24)/t17-/m0/s1. The number of nitrogens with zero attached hydrogens (tertiary/aromatic N) is 2. The van der Waals surface area contributed by atoms with Crippen LogP contribution in [0.1, 0.15) is 42.6 Å². The number of nitrogens with one attached hydrogen (secondary N) is 1. The van der Waals surface area contributed by atoms with Crippen molar-refractivity contribution in [2.75, 3.05) is 24.5 Å². The Hall–Kier alpha value is -2.36. The van der Waals surface area contributed by atoms with Crippen LogP contribution in [0, 0.1) is 5.41 Å². The van der Waals surface area contributed by atoms with Gasteiger partial charge in [-0.1, -0.05) is 44.2 Å². The molecule has 0 bridgehead atoms. The predicted molar refractivity (Wildman–Crippen MR) is 97.4 cm³/mol. The number of amides is 1. The lowest BCUT2D eigenvalue weighted by molar-refractivity contribution is 0.0955. The van der Waals surface area contributed by atoms with E-state index in [0.717, 1.165) is 18.9 Å². The van der Waals surface area contributed by atoms with E-state index in [1.807, 2.05) is 13.0 Å². The van der Waals surface area contributed by atoms with Crippen LogP contribution in [0.15, 0.2) is 48.7 Å². The summed E-state index contributed by atoms with van der Waals surface area (Å²) in [7, 11) is 0. The second kappa shape index (κ2) is 6.63. The molecule has 3 rings (SSSR count). The third-order valence-corrected chi connectivity index (χ3v) is 4.82. The van der Waals surface area contributed by atoms with Crippen LogP contribution >= 0.6 is 0 Å². The normalized spacial score (nSPS) is 19.3. The SMILES string of the molecule is CCNC(=O)c1ccnc(N2C[C@@H](c3ccccc3)C(C)(C)C2)c1. The minimum atomic E-state index is -0.0424.